The van der Waals surface area contributed by atoms with E-state index >= 15 is 0 Å². The number of rotatable bonds is 13. The molecule has 0 radical (unpaired) electrons. The van der Waals surface area contributed by atoms with Crippen LogP contribution in [0.3, 0.4) is 0 Å². The predicted molar refractivity (Wildman–Crippen MR) is 151 cm³/mol. The number of sulfonamides is 1. The zero-order valence-corrected chi connectivity index (χ0v) is 24.2. The van der Waals surface area contributed by atoms with Crippen LogP contribution in [-0.4, -0.2) is 50.5 Å². The molecule has 2 amide bonds. The van der Waals surface area contributed by atoms with Crippen LogP contribution in [0.15, 0.2) is 42.5 Å². The molecular formula is C29H43N3O4S. The lowest BCUT2D eigenvalue weighted by molar-refractivity contribution is -0.141. The molecule has 0 saturated carbocycles. The van der Waals surface area contributed by atoms with E-state index in [1.165, 1.54) is 10.6 Å². The number of aryl methyl sites for hydroxylation is 3. The van der Waals surface area contributed by atoms with Crippen molar-refractivity contribution >= 4 is 27.5 Å². The number of nitrogens with one attached hydrogen (secondary N) is 1. The molecule has 0 aliphatic rings. The molecule has 0 saturated heterocycles. The normalized spacial score (nSPS) is 12.3. The molecule has 0 aromatic heterocycles. The van der Waals surface area contributed by atoms with Crippen LogP contribution in [0.25, 0.3) is 0 Å². The van der Waals surface area contributed by atoms with Crippen molar-refractivity contribution in [2.75, 3.05) is 23.7 Å². The maximum atomic E-state index is 13.5. The van der Waals surface area contributed by atoms with Gasteiger partial charge in [-0.3, -0.25) is 13.9 Å². The van der Waals surface area contributed by atoms with Gasteiger partial charge in [-0.1, -0.05) is 56.7 Å². The molecule has 0 heterocycles. The van der Waals surface area contributed by atoms with E-state index in [2.05, 4.69) is 5.32 Å². The number of amides is 2. The summed E-state index contributed by atoms with van der Waals surface area (Å²) in [6.45, 7) is 12.9. The van der Waals surface area contributed by atoms with Crippen LogP contribution in [0.5, 0.6) is 0 Å². The van der Waals surface area contributed by atoms with Gasteiger partial charge in [0.2, 0.25) is 21.8 Å². The Labute approximate surface area is 223 Å². The third kappa shape index (κ3) is 9.50. The van der Waals surface area contributed by atoms with E-state index in [0.717, 1.165) is 22.3 Å². The van der Waals surface area contributed by atoms with E-state index in [0.29, 0.717) is 37.5 Å². The number of benzene rings is 2. The zero-order chi connectivity index (χ0) is 27.8. The van der Waals surface area contributed by atoms with Gasteiger partial charge in [0, 0.05) is 26.1 Å². The summed E-state index contributed by atoms with van der Waals surface area (Å²) < 4.78 is 26.5. The van der Waals surface area contributed by atoms with Gasteiger partial charge in [-0.15, -0.1) is 0 Å². The highest BCUT2D eigenvalue weighted by atomic mass is 32.2. The van der Waals surface area contributed by atoms with Gasteiger partial charge in [-0.05, 0) is 68.4 Å². The number of hydrogen-bond donors (Lipinski definition) is 1. The first-order valence-electron chi connectivity index (χ1n) is 13.0. The van der Waals surface area contributed by atoms with Crippen LogP contribution in [0.4, 0.5) is 5.69 Å². The van der Waals surface area contributed by atoms with E-state index < -0.39 is 16.1 Å². The molecule has 1 N–H and O–H groups in total. The van der Waals surface area contributed by atoms with Crippen molar-refractivity contribution in [3.05, 3.63) is 64.7 Å². The van der Waals surface area contributed by atoms with E-state index in [1.807, 2.05) is 84.0 Å². The summed E-state index contributed by atoms with van der Waals surface area (Å²) in [5.41, 5.74) is 4.59. The Hall–Kier alpha value is -2.87. The highest BCUT2D eigenvalue weighted by Gasteiger charge is 2.29. The quantitative estimate of drug-likeness (QED) is 0.406. The molecule has 2 rings (SSSR count). The van der Waals surface area contributed by atoms with Crippen LogP contribution >= 0.6 is 0 Å². The second kappa shape index (κ2) is 13.6. The van der Waals surface area contributed by atoms with Crippen molar-refractivity contribution in [2.45, 2.75) is 73.4 Å². The Morgan fingerprint density at radius 3 is 2.16 bits per heavy atom. The molecule has 0 spiro atoms. The van der Waals surface area contributed by atoms with Crippen molar-refractivity contribution in [3.63, 3.8) is 0 Å². The first kappa shape index (κ1) is 30.4. The van der Waals surface area contributed by atoms with Crippen molar-refractivity contribution in [1.29, 1.82) is 0 Å². The average molecular weight is 530 g/mol. The SMILES string of the molecule is CC[C@@H](C(=O)NCC(C)C)N(Cc1cccc(C)c1)C(=O)CCCN(c1cc(C)cc(C)c1)S(C)(=O)=O. The molecule has 7 nitrogen and oxygen atoms in total. The summed E-state index contributed by atoms with van der Waals surface area (Å²) in [6, 6.07) is 13.0. The van der Waals surface area contributed by atoms with Crippen molar-refractivity contribution < 1.29 is 18.0 Å². The minimum absolute atomic E-state index is 0.136. The Morgan fingerprint density at radius 2 is 1.62 bits per heavy atom. The Morgan fingerprint density at radius 1 is 0.973 bits per heavy atom. The summed E-state index contributed by atoms with van der Waals surface area (Å²) in [6.07, 6.45) is 2.14. The van der Waals surface area contributed by atoms with Crippen molar-refractivity contribution in [2.24, 2.45) is 5.92 Å². The molecule has 2 aromatic rings. The standard InChI is InChI=1S/C29H43N3O4S/c1-8-27(29(34)30-19-21(2)3)31(20-25-12-9-11-22(4)16-25)28(33)13-10-14-32(37(7,35)36)26-17-23(5)15-24(6)18-26/h9,11-12,15-18,21,27H,8,10,13-14,19-20H2,1-7H3,(H,30,34)/t27-/m0/s1. The fraction of sp³-hybridized carbons (Fsp3) is 0.517. The number of nitrogens with zero attached hydrogens (tertiary/aromatic N) is 2. The molecule has 0 unspecified atom stereocenters. The summed E-state index contributed by atoms with van der Waals surface area (Å²) in [5, 5.41) is 2.97. The van der Waals surface area contributed by atoms with Gasteiger partial charge in [-0.2, -0.15) is 0 Å². The van der Waals surface area contributed by atoms with Crippen LogP contribution in [-0.2, 0) is 26.2 Å². The molecule has 0 fully saturated rings. The fourth-order valence-corrected chi connectivity index (χ4v) is 5.40. The summed E-state index contributed by atoms with van der Waals surface area (Å²) in [4.78, 5) is 28.2. The molecule has 0 aliphatic heterocycles. The van der Waals surface area contributed by atoms with Gasteiger partial charge in [0.25, 0.3) is 0 Å². The molecule has 2 aromatic carbocycles. The fourth-order valence-electron chi connectivity index (χ4n) is 4.45. The Kier molecular flexibility index (Phi) is 11.2. The smallest absolute Gasteiger partial charge is 0.242 e. The van der Waals surface area contributed by atoms with E-state index in [1.54, 1.807) is 4.90 Å². The maximum absolute atomic E-state index is 13.5. The largest absolute Gasteiger partial charge is 0.354 e. The molecule has 37 heavy (non-hydrogen) atoms. The lowest BCUT2D eigenvalue weighted by atomic mass is 10.1. The second-order valence-electron chi connectivity index (χ2n) is 10.4. The van der Waals surface area contributed by atoms with Crippen molar-refractivity contribution in [1.82, 2.24) is 10.2 Å². The summed E-state index contributed by atoms with van der Waals surface area (Å²) >= 11 is 0. The molecular weight excluding hydrogens is 486 g/mol. The van der Waals surface area contributed by atoms with Gasteiger partial charge in [0.1, 0.15) is 6.04 Å². The van der Waals surface area contributed by atoms with E-state index in [4.69, 9.17) is 0 Å². The highest BCUT2D eigenvalue weighted by Crippen LogP contribution is 2.22. The molecule has 204 valence electrons. The highest BCUT2D eigenvalue weighted by molar-refractivity contribution is 7.92. The molecule has 0 aliphatic carbocycles. The van der Waals surface area contributed by atoms with Gasteiger partial charge in [0.05, 0.1) is 11.9 Å². The first-order chi connectivity index (χ1) is 17.3. The lowest BCUT2D eigenvalue weighted by Crippen LogP contribution is -2.49. The monoisotopic (exact) mass is 529 g/mol. The molecule has 8 heteroatoms. The number of anilines is 1. The van der Waals surface area contributed by atoms with Gasteiger partial charge in [0.15, 0.2) is 0 Å². The Balaban J connectivity index is 2.23. The van der Waals surface area contributed by atoms with Crippen LogP contribution in [0.2, 0.25) is 0 Å². The van der Waals surface area contributed by atoms with Gasteiger partial charge in [-0.25, -0.2) is 8.42 Å². The lowest BCUT2D eigenvalue weighted by Gasteiger charge is -2.31. The minimum Gasteiger partial charge on any atom is -0.354 e. The van der Waals surface area contributed by atoms with Gasteiger partial charge < -0.3 is 10.2 Å². The summed E-state index contributed by atoms with van der Waals surface area (Å²) in [7, 11) is -3.53. The van der Waals surface area contributed by atoms with Crippen LogP contribution < -0.4 is 9.62 Å². The topological polar surface area (TPSA) is 86.8 Å². The first-order valence-corrected chi connectivity index (χ1v) is 14.8. The number of carbonyl (C=O) groups is 2. The zero-order valence-electron chi connectivity index (χ0n) is 23.4. The van der Waals surface area contributed by atoms with E-state index in [-0.39, 0.29) is 24.8 Å². The Bertz CT molecular complexity index is 1160. The van der Waals surface area contributed by atoms with Crippen LogP contribution in [0, 0.1) is 26.7 Å². The number of carbonyl (C=O) groups excluding carboxylic acids is 2. The van der Waals surface area contributed by atoms with Crippen molar-refractivity contribution in [3.8, 4) is 0 Å². The predicted octanol–water partition coefficient (Wildman–Crippen LogP) is 4.74. The molecule has 0 bridgehead atoms. The maximum Gasteiger partial charge on any atom is 0.242 e. The minimum atomic E-state index is -3.53. The van der Waals surface area contributed by atoms with Crippen LogP contribution in [0.1, 0.15) is 62.3 Å². The third-order valence-electron chi connectivity index (χ3n) is 6.15. The molecule has 1 atom stereocenters. The second-order valence-corrected chi connectivity index (χ2v) is 12.3. The van der Waals surface area contributed by atoms with E-state index in [9.17, 15) is 18.0 Å². The van der Waals surface area contributed by atoms with Gasteiger partial charge >= 0.3 is 0 Å². The third-order valence-corrected chi connectivity index (χ3v) is 7.35. The number of hydrogen-bond acceptors (Lipinski definition) is 4. The summed E-state index contributed by atoms with van der Waals surface area (Å²) in [5.74, 6) is -0.0262. The average Bonchev–Trinajstić information content (AvgIpc) is 2.78.